The predicted octanol–water partition coefficient (Wildman–Crippen LogP) is 14.0. The Morgan fingerprint density at radius 2 is 0.944 bits per heavy atom. The number of hydrogen-bond acceptors (Lipinski definition) is 1. The van der Waals surface area contributed by atoms with Crippen molar-refractivity contribution in [1.82, 2.24) is 0 Å². The molecule has 0 fully saturated rings. The molecule has 0 N–H and O–H groups in total. The Balaban J connectivity index is 1.29. The second kappa shape index (κ2) is 13.2. The largest absolute Gasteiger partial charge is 0.310 e. The first kappa shape index (κ1) is 27.7. The van der Waals surface area contributed by atoms with Gasteiger partial charge in [0.2, 0.25) is 0 Å². The minimum absolute atomic E-state index is 0.0891. The van der Waals surface area contributed by atoms with E-state index in [-0.39, 0.29) is 35.4 Å². The molecule has 254 valence electrons. The minimum atomic E-state index is -0.672. The lowest BCUT2D eigenvalue weighted by Crippen LogP contribution is -2.28. The van der Waals surface area contributed by atoms with Crippen LogP contribution in [0.5, 0.6) is 0 Å². The van der Waals surface area contributed by atoms with Gasteiger partial charge in [-0.25, -0.2) is 0 Å². The van der Waals surface area contributed by atoms with Crippen molar-refractivity contribution >= 4 is 27.8 Å². The highest BCUT2D eigenvalue weighted by molar-refractivity contribution is 5.98. The Morgan fingerprint density at radius 3 is 1.69 bits per heavy atom. The molecule has 0 heterocycles. The smallest absolute Gasteiger partial charge is 0.0714 e. The molecule has 1 aliphatic rings. The first-order valence-electron chi connectivity index (χ1n) is 20.4. The molecule has 0 atom stereocenters. The van der Waals surface area contributed by atoms with Crippen LogP contribution in [0.1, 0.15) is 27.7 Å². The molecule has 1 heteroatoms. The zero-order valence-electron chi connectivity index (χ0n) is 33.5. The summed E-state index contributed by atoms with van der Waals surface area (Å²) >= 11 is 0. The molecule has 0 bridgehead atoms. The Morgan fingerprint density at radius 1 is 0.370 bits per heavy atom. The molecule has 0 radical (unpaired) electrons. The van der Waals surface area contributed by atoms with Crippen LogP contribution in [0, 0.1) is 0 Å². The molecule has 9 aromatic carbocycles. The van der Waals surface area contributed by atoms with Gasteiger partial charge in [-0.15, -0.1) is 0 Å². The van der Waals surface area contributed by atoms with E-state index in [0.717, 1.165) is 66.7 Å². The number of benzene rings is 9. The van der Waals surface area contributed by atoms with E-state index in [9.17, 15) is 5.48 Å². The highest BCUT2D eigenvalue weighted by Gasteiger charge is 2.47. The summed E-state index contributed by atoms with van der Waals surface area (Å²) in [6.07, 6.45) is 0. The van der Waals surface area contributed by atoms with Crippen molar-refractivity contribution in [2.75, 3.05) is 4.90 Å². The number of nitrogens with zero attached hydrogens (tertiary/aromatic N) is 1. The zero-order valence-corrected chi connectivity index (χ0v) is 29.5. The normalized spacial score (nSPS) is 13.6. The minimum Gasteiger partial charge on any atom is -0.310 e. The van der Waals surface area contributed by atoms with Gasteiger partial charge < -0.3 is 4.90 Å². The van der Waals surface area contributed by atoms with E-state index in [1.165, 1.54) is 0 Å². The van der Waals surface area contributed by atoms with E-state index in [0.29, 0.717) is 5.56 Å². The van der Waals surface area contributed by atoms with E-state index < -0.39 is 5.41 Å². The van der Waals surface area contributed by atoms with E-state index in [1.807, 2.05) is 71.6 Å². The third-order valence-corrected chi connectivity index (χ3v) is 10.8. The van der Waals surface area contributed by atoms with E-state index in [2.05, 4.69) is 133 Å². The fourth-order valence-corrected chi connectivity index (χ4v) is 8.41. The van der Waals surface area contributed by atoms with Crippen LogP contribution in [0.25, 0.3) is 44.2 Å². The quantitative estimate of drug-likeness (QED) is 0.161. The van der Waals surface area contributed by atoms with Crippen LogP contribution >= 0.6 is 0 Å². The van der Waals surface area contributed by atoms with E-state index >= 15 is 0 Å². The Hall–Kier alpha value is -6.96. The highest BCUT2D eigenvalue weighted by atomic mass is 15.1. The number of fused-ring (bicyclic) bond motifs is 4. The van der Waals surface area contributed by atoms with Gasteiger partial charge in [-0.3, -0.25) is 0 Å². The van der Waals surface area contributed by atoms with Crippen molar-refractivity contribution < 1.29 is 5.48 Å². The fraction of sp³-hybridized carbons (Fsp3) is 0.0189. The predicted molar refractivity (Wildman–Crippen MR) is 227 cm³/mol. The van der Waals surface area contributed by atoms with Crippen LogP contribution in [-0.2, 0) is 5.41 Å². The lowest BCUT2D eigenvalue weighted by atomic mass is 9.68. The Kier molecular flexibility index (Phi) is 6.77. The summed E-state index contributed by atoms with van der Waals surface area (Å²) in [7, 11) is 0. The van der Waals surface area contributed by atoms with Crippen molar-refractivity contribution in [2.24, 2.45) is 0 Å². The molecule has 0 aromatic heterocycles. The van der Waals surface area contributed by atoms with Crippen molar-refractivity contribution in [3.63, 3.8) is 0 Å². The summed E-state index contributed by atoms with van der Waals surface area (Å²) in [5, 5.41) is 2.29. The molecule has 0 aliphatic heterocycles. The molecule has 1 aliphatic carbocycles. The molecular formula is C53H37N. The summed E-state index contributed by atoms with van der Waals surface area (Å²) in [6, 6.07) is 67.9. The van der Waals surface area contributed by atoms with Crippen molar-refractivity contribution in [3.05, 3.63) is 247 Å². The summed E-state index contributed by atoms with van der Waals surface area (Å²) < 4.78 is 38.3. The lowest BCUT2D eigenvalue weighted by Gasteiger charge is -2.34. The maximum atomic E-state index is 9.72. The second-order valence-electron chi connectivity index (χ2n) is 13.8. The maximum Gasteiger partial charge on any atom is 0.0714 e. The van der Waals surface area contributed by atoms with E-state index in [1.54, 1.807) is 0 Å². The molecule has 10 rings (SSSR count). The van der Waals surface area contributed by atoms with Crippen molar-refractivity contribution in [1.29, 1.82) is 0 Å². The summed E-state index contributed by atoms with van der Waals surface area (Å²) in [5.41, 5.74) is 10.4. The van der Waals surface area contributed by atoms with Gasteiger partial charge in [-0.05, 0) is 97.2 Å². The third-order valence-electron chi connectivity index (χ3n) is 10.8. The number of anilines is 3. The summed E-state index contributed by atoms with van der Waals surface area (Å²) in [6.45, 7) is 0. The Bertz CT molecular complexity index is 2930. The van der Waals surface area contributed by atoms with Crippen LogP contribution < -0.4 is 4.90 Å². The summed E-state index contributed by atoms with van der Waals surface area (Å²) in [4.78, 5) is 1.96. The second-order valence-corrected chi connectivity index (χ2v) is 13.8. The molecule has 0 amide bonds. The van der Waals surface area contributed by atoms with Gasteiger partial charge in [0.05, 0.1) is 16.6 Å². The lowest BCUT2D eigenvalue weighted by molar-refractivity contribution is 0.768. The van der Waals surface area contributed by atoms with Gasteiger partial charge in [0.25, 0.3) is 0 Å². The monoisotopic (exact) mass is 691 g/mol. The first-order chi connectivity index (χ1) is 28.5. The standard InChI is InChI=1S/C53H37N/c1-4-16-38(17-5-1)40-32-34-46(35-33-40)54(47-25-14-20-42(37-47)43-31-30-39-18-10-11-19-41(39)36-43)51-29-15-28-50-52(51)48-26-12-13-27-49(48)53(50,44-21-6-2-7-22-44)45-23-8-3-9-24-45/h1-37H/i32D,33D,34D,35D. The van der Waals surface area contributed by atoms with Gasteiger partial charge in [-0.1, -0.05) is 188 Å². The van der Waals surface area contributed by atoms with Gasteiger partial charge in [-0.2, -0.15) is 0 Å². The average Bonchev–Trinajstić information content (AvgIpc) is 3.59. The Labute approximate surface area is 322 Å². The van der Waals surface area contributed by atoms with Crippen molar-refractivity contribution in [2.45, 2.75) is 5.41 Å². The average molecular weight is 692 g/mol. The summed E-state index contributed by atoms with van der Waals surface area (Å²) in [5.74, 6) is 0. The molecule has 0 spiro atoms. The zero-order chi connectivity index (χ0) is 39.4. The molecule has 54 heavy (non-hydrogen) atoms. The number of rotatable bonds is 7. The molecular weight excluding hydrogens is 651 g/mol. The van der Waals surface area contributed by atoms with Crippen LogP contribution in [0.15, 0.2) is 224 Å². The maximum absolute atomic E-state index is 9.72. The van der Waals surface area contributed by atoms with Crippen LogP contribution in [-0.4, -0.2) is 0 Å². The molecule has 1 nitrogen and oxygen atoms in total. The SMILES string of the molecule is [2H]c1c([2H])c(N(c2cccc(-c3ccc4ccccc4c3)c2)c2cccc3c2-c2ccccc2C3(c2ccccc2)c2ccccc2)c([2H])c([2H])c1-c1ccccc1. The number of hydrogen-bond donors (Lipinski definition) is 0. The molecule has 9 aromatic rings. The van der Waals surface area contributed by atoms with Crippen LogP contribution in [0.2, 0.25) is 0 Å². The fourth-order valence-electron chi connectivity index (χ4n) is 8.41. The van der Waals surface area contributed by atoms with Crippen LogP contribution in [0.4, 0.5) is 17.1 Å². The molecule has 0 unspecified atom stereocenters. The molecule has 0 saturated heterocycles. The van der Waals surface area contributed by atoms with E-state index in [4.69, 9.17) is 0 Å². The van der Waals surface area contributed by atoms with Crippen LogP contribution in [0.3, 0.4) is 0 Å². The van der Waals surface area contributed by atoms with Gasteiger partial charge in [0, 0.05) is 16.9 Å². The van der Waals surface area contributed by atoms with Crippen molar-refractivity contribution in [3.8, 4) is 33.4 Å². The van der Waals surface area contributed by atoms with Gasteiger partial charge in [0.1, 0.15) is 0 Å². The van der Waals surface area contributed by atoms with Gasteiger partial charge >= 0.3 is 0 Å². The molecule has 0 saturated carbocycles. The third kappa shape index (κ3) is 5.17. The first-order valence-corrected chi connectivity index (χ1v) is 18.4. The van der Waals surface area contributed by atoms with Gasteiger partial charge in [0.15, 0.2) is 0 Å². The topological polar surface area (TPSA) is 3.24 Å². The highest BCUT2D eigenvalue weighted by Crippen LogP contribution is 2.59.